The van der Waals surface area contributed by atoms with E-state index in [4.69, 9.17) is 15.2 Å². The quantitative estimate of drug-likeness (QED) is 0.522. The number of H-pyrrole nitrogens is 1. The summed E-state index contributed by atoms with van der Waals surface area (Å²) in [5.41, 5.74) is 4.81. The number of rotatable bonds is 3. The minimum Gasteiger partial charge on any atom is -0.391 e. The molecule has 1 fully saturated rings. The fourth-order valence-electron chi connectivity index (χ4n) is 2.44. The molecule has 3 rings (SSSR count). The van der Waals surface area contributed by atoms with Crippen molar-refractivity contribution in [1.82, 2.24) is 19.5 Å². The van der Waals surface area contributed by atoms with Gasteiger partial charge in [0.25, 0.3) is 5.56 Å². The number of nitrogens with one attached hydrogen (secondary N) is 1. The van der Waals surface area contributed by atoms with Crippen LogP contribution >= 0.6 is 0 Å². The molecule has 0 radical (unpaired) electrons. The van der Waals surface area contributed by atoms with Crippen LogP contribution in [0.5, 0.6) is 0 Å². The van der Waals surface area contributed by atoms with Gasteiger partial charge in [-0.3, -0.25) is 14.3 Å². The van der Waals surface area contributed by atoms with Gasteiger partial charge in [-0.2, -0.15) is 4.98 Å². The first-order chi connectivity index (χ1) is 10.4. The van der Waals surface area contributed by atoms with Crippen molar-refractivity contribution in [2.75, 3.05) is 19.5 Å². The Kier molecular flexibility index (Phi) is 3.36. The first-order valence-corrected chi connectivity index (χ1v) is 6.32. The molecule has 2 aromatic heterocycles. The molecule has 1 aliphatic rings. The maximum absolute atomic E-state index is 14.4. The molecule has 22 heavy (non-hydrogen) atoms. The summed E-state index contributed by atoms with van der Waals surface area (Å²) in [6, 6.07) is 0. The molecular formula is C11H14FN5O5. The number of anilines is 1. The molecule has 120 valence electrons. The summed E-state index contributed by atoms with van der Waals surface area (Å²) in [6.07, 6.45) is -3.92. The summed E-state index contributed by atoms with van der Waals surface area (Å²) in [4.78, 5) is 21.7. The van der Waals surface area contributed by atoms with Gasteiger partial charge < -0.3 is 25.4 Å². The summed E-state index contributed by atoms with van der Waals surface area (Å²) >= 11 is 0. The van der Waals surface area contributed by atoms with Gasteiger partial charge in [-0.25, -0.2) is 9.37 Å². The maximum Gasteiger partial charge on any atom is 0.280 e. The van der Waals surface area contributed by atoms with Gasteiger partial charge in [0.15, 0.2) is 23.6 Å². The number of nitrogens with two attached hydrogens (primary N) is 1. The Morgan fingerprint density at radius 3 is 3.00 bits per heavy atom. The summed E-state index contributed by atoms with van der Waals surface area (Å²) < 4.78 is 25.7. The van der Waals surface area contributed by atoms with E-state index >= 15 is 0 Å². The lowest BCUT2D eigenvalue weighted by atomic mass is 10.1. The van der Waals surface area contributed by atoms with Gasteiger partial charge >= 0.3 is 0 Å². The normalized spacial score (nSPS) is 31.9. The number of methoxy groups -OCH3 is 1. The van der Waals surface area contributed by atoms with Crippen LogP contribution in [-0.4, -0.2) is 61.5 Å². The molecule has 11 heteroatoms. The van der Waals surface area contributed by atoms with E-state index in [0.29, 0.717) is 0 Å². The first-order valence-electron chi connectivity index (χ1n) is 6.32. The van der Waals surface area contributed by atoms with Gasteiger partial charge in [0.1, 0.15) is 12.7 Å². The van der Waals surface area contributed by atoms with Crippen molar-refractivity contribution in [2.45, 2.75) is 24.3 Å². The smallest absolute Gasteiger partial charge is 0.280 e. The number of nitrogens with zero attached hydrogens (tertiary/aromatic N) is 3. The minimum absolute atomic E-state index is 0.00839. The van der Waals surface area contributed by atoms with E-state index in [2.05, 4.69) is 15.0 Å². The minimum atomic E-state index is -1.94. The number of nitrogen functional groups attached to an aromatic ring is 1. The Morgan fingerprint density at radius 1 is 1.68 bits per heavy atom. The van der Waals surface area contributed by atoms with Crippen LogP contribution in [0.3, 0.4) is 0 Å². The van der Waals surface area contributed by atoms with Crippen LogP contribution in [0.15, 0.2) is 11.1 Å². The topological polar surface area (TPSA) is 149 Å². The number of halogens is 1. The van der Waals surface area contributed by atoms with Gasteiger partial charge in [0, 0.05) is 7.11 Å². The average Bonchev–Trinajstić information content (AvgIpc) is 3.01. The Bertz CT molecular complexity index is 757. The summed E-state index contributed by atoms with van der Waals surface area (Å²) in [6.45, 7) is -0.760. The lowest BCUT2D eigenvalue weighted by molar-refractivity contribution is -0.269. The predicted molar refractivity (Wildman–Crippen MR) is 70.4 cm³/mol. The Hall–Kier alpha value is -2.08. The Morgan fingerprint density at radius 2 is 2.41 bits per heavy atom. The van der Waals surface area contributed by atoms with Crippen molar-refractivity contribution in [3.8, 4) is 0 Å². The number of imidazole rings is 1. The summed E-state index contributed by atoms with van der Waals surface area (Å²) in [5.74, 6) is -2.08. The summed E-state index contributed by atoms with van der Waals surface area (Å²) in [5, 5.41) is 19.3. The van der Waals surface area contributed by atoms with Crippen molar-refractivity contribution >= 4 is 17.1 Å². The number of alkyl halides is 1. The molecule has 10 nitrogen and oxygen atoms in total. The van der Waals surface area contributed by atoms with Crippen LogP contribution in [-0.2, 0) is 9.47 Å². The Balaban J connectivity index is 2.11. The second-order valence-corrected chi connectivity index (χ2v) is 4.85. The van der Waals surface area contributed by atoms with Crippen molar-refractivity contribution in [1.29, 1.82) is 0 Å². The van der Waals surface area contributed by atoms with E-state index in [1.54, 1.807) is 0 Å². The molecule has 5 N–H and O–H groups in total. The van der Waals surface area contributed by atoms with Crippen molar-refractivity contribution in [2.24, 2.45) is 0 Å². The van der Waals surface area contributed by atoms with E-state index in [0.717, 1.165) is 10.9 Å². The first kappa shape index (κ1) is 14.8. The third-order valence-corrected chi connectivity index (χ3v) is 3.64. The highest BCUT2D eigenvalue weighted by atomic mass is 19.1. The van der Waals surface area contributed by atoms with Crippen molar-refractivity contribution in [3.05, 3.63) is 16.7 Å². The highest BCUT2D eigenvalue weighted by Gasteiger charge is 2.56. The molecular weight excluding hydrogens is 301 g/mol. The second-order valence-electron chi connectivity index (χ2n) is 4.85. The fourth-order valence-corrected chi connectivity index (χ4v) is 2.44. The molecule has 0 saturated carbocycles. The SMILES string of the molecule is COC1(CO)OC(n2cnc3c(=O)[nH]c(N)nc32)C(F)C1O. The van der Waals surface area contributed by atoms with Gasteiger partial charge in [0.05, 0.1) is 6.33 Å². The lowest BCUT2D eigenvalue weighted by Gasteiger charge is -2.27. The Labute approximate surface area is 122 Å². The monoisotopic (exact) mass is 315 g/mol. The standard InChI is InChI=1S/C11H14FN5O5/c1-21-11(2-18)6(19)4(12)9(22-11)17-3-14-5-7(17)15-10(13)16-8(5)20/h3-4,6,9,18-19H,2H2,1H3,(H3,13,15,16,20). The number of fused-ring (bicyclic) bond motifs is 1. The van der Waals surface area contributed by atoms with Crippen LogP contribution < -0.4 is 11.3 Å². The zero-order valence-electron chi connectivity index (χ0n) is 11.4. The lowest BCUT2D eigenvalue weighted by Crippen LogP contribution is -2.47. The van der Waals surface area contributed by atoms with E-state index in [9.17, 15) is 19.4 Å². The van der Waals surface area contributed by atoms with Crippen LogP contribution in [0, 0.1) is 0 Å². The molecule has 0 bridgehead atoms. The molecule has 2 aromatic rings. The third kappa shape index (κ3) is 1.90. The number of aliphatic hydroxyl groups excluding tert-OH is 2. The molecule has 0 spiro atoms. The zero-order valence-corrected chi connectivity index (χ0v) is 11.4. The highest BCUT2D eigenvalue weighted by molar-refractivity contribution is 5.70. The van der Waals surface area contributed by atoms with Gasteiger partial charge in [0.2, 0.25) is 11.7 Å². The van der Waals surface area contributed by atoms with Gasteiger partial charge in [-0.05, 0) is 0 Å². The average molecular weight is 315 g/mol. The zero-order chi connectivity index (χ0) is 16.1. The van der Waals surface area contributed by atoms with Gasteiger partial charge in [-0.1, -0.05) is 0 Å². The molecule has 0 amide bonds. The van der Waals surface area contributed by atoms with Crippen LogP contribution in [0.25, 0.3) is 11.2 Å². The van der Waals surface area contributed by atoms with Crippen LogP contribution in [0.2, 0.25) is 0 Å². The number of ether oxygens (including phenoxy) is 2. The van der Waals surface area contributed by atoms with Crippen molar-refractivity contribution < 1.29 is 24.1 Å². The second kappa shape index (κ2) is 4.98. The van der Waals surface area contributed by atoms with Crippen LogP contribution in [0.1, 0.15) is 6.23 Å². The summed E-state index contributed by atoms with van der Waals surface area (Å²) in [7, 11) is 1.17. The highest BCUT2D eigenvalue weighted by Crippen LogP contribution is 2.40. The molecule has 0 aromatic carbocycles. The predicted octanol–water partition coefficient (Wildman–Crippen LogP) is -1.74. The van der Waals surface area contributed by atoms with E-state index < -0.39 is 36.5 Å². The molecule has 3 heterocycles. The van der Waals surface area contributed by atoms with Crippen LogP contribution in [0.4, 0.5) is 10.3 Å². The number of aliphatic hydroxyl groups is 2. The number of hydrogen-bond acceptors (Lipinski definition) is 8. The fraction of sp³-hybridized carbons (Fsp3) is 0.545. The van der Waals surface area contributed by atoms with Gasteiger partial charge in [-0.15, -0.1) is 0 Å². The van der Waals surface area contributed by atoms with E-state index in [1.807, 2.05) is 0 Å². The number of hydrogen-bond donors (Lipinski definition) is 4. The molecule has 4 unspecified atom stereocenters. The van der Waals surface area contributed by atoms with Crippen molar-refractivity contribution in [3.63, 3.8) is 0 Å². The maximum atomic E-state index is 14.4. The largest absolute Gasteiger partial charge is 0.391 e. The molecule has 1 aliphatic heterocycles. The number of aromatic amines is 1. The number of aromatic nitrogens is 4. The molecule has 0 aliphatic carbocycles. The molecule has 1 saturated heterocycles. The van der Waals surface area contributed by atoms with E-state index in [-0.39, 0.29) is 17.1 Å². The van der Waals surface area contributed by atoms with E-state index in [1.165, 1.54) is 7.11 Å². The molecule has 4 atom stereocenters. The third-order valence-electron chi connectivity index (χ3n) is 3.64.